The van der Waals surface area contributed by atoms with Gasteiger partial charge in [0, 0.05) is 23.5 Å². The second-order valence-electron chi connectivity index (χ2n) is 7.39. The van der Waals surface area contributed by atoms with Gasteiger partial charge in [-0.1, -0.05) is 0 Å². The molecule has 0 spiro atoms. The van der Waals surface area contributed by atoms with Gasteiger partial charge in [-0.2, -0.15) is 11.3 Å². The number of amides is 1. The van der Waals surface area contributed by atoms with Crippen LogP contribution < -0.4 is 5.32 Å². The van der Waals surface area contributed by atoms with Gasteiger partial charge in [-0.15, -0.1) is 0 Å². The summed E-state index contributed by atoms with van der Waals surface area (Å²) in [6, 6.07) is 1.85. The Morgan fingerprint density at radius 2 is 2.07 bits per heavy atom. The van der Waals surface area contributed by atoms with Crippen LogP contribution in [0.15, 0.2) is 16.8 Å². The molecule has 1 aliphatic rings. The van der Waals surface area contributed by atoms with E-state index in [0.29, 0.717) is 29.7 Å². The van der Waals surface area contributed by atoms with Crippen molar-refractivity contribution < 1.29 is 24.2 Å². The van der Waals surface area contributed by atoms with Crippen LogP contribution >= 0.6 is 11.3 Å². The van der Waals surface area contributed by atoms with Gasteiger partial charge < -0.3 is 19.7 Å². The first-order chi connectivity index (χ1) is 13.2. The molecule has 2 N–H and O–H groups in total. The highest BCUT2D eigenvalue weighted by Crippen LogP contribution is 2.34. The summed E-state index contributed by atoms with van der Waals surface area (Å²) in [5.74, 6) is -1.98. The number of carbonyl (C=O) groups excluding carboxylic acids is 3. The number of nitrogens with one attached hydrogen (secondary N) is 1. The van der Waals surface area contributed by atoms with Gasteiger partial charge in [0.1, 0.15) is 0 Å². The Morgan fingerprint density at radius 1 is 1.39 bits per heavy atom. The van der Waals surface area contributed by atoms with E-state index in [1.165, 1.54) is 11.3 Å². The van der Waals surface area contributed by atoms with Gasteiger partial charge >= 0.3 is 5.97 Å². The highest BCUT2D eigenvalue weighted by atomic mass is 32.1. The molecule has 1 amide bonds. The van der Waals surface area contributed by atoms with Crippen LogP contribution in [0.25, 0.3) is 11.3 Å². The molecule has 2 aromatic heterocycles. The van der Waals surface area contributed by atoms with Crippen LogP contribution in [0.4, 0.5) is 0 Å². The maximum atomic E-state index is 13.0. The molecular weight excluding hydrogens is 380 g/mol. The summed E-state index contributed by atoms with van der Waals surface area (Å²) in [4.78, 5) is 38.1. The Hall–Kier alpha value is -2.45. The van der Waals surface area contributed by atoms with Crippen LogP contribution in [0.2, 0.25) is 0 Å². The number of ketones is 1. The predicted octanol–water partition coefficient (Wildman–Crippen LogP) is 2.45. The minimum atomic E-state index is -0.745. The number of aliphatic hydroxyl groups is 1. The van der Waals surface area contributed by atoms with E-state index in [0.717, 1.165) is 5.56 Å². The molecule has 1 fully saturated rings. The van der Waals surface area contributed by atoms with E-state index >= 15 is 0 Å². The van der Waals surface area contributed by atoms with Crippen molar-refractivity contribution in [1.82, 2.24) is 9.88 Å². The van der Waals surface area contributed by atoms with Gasteiger partial charge in [-0.25, -0.2) is 4.79 Å². The number of Topliss-reactive ketones (excluding diaryl/α,β-unsaturated/α-hetero) is 1. The normalized spacial score (nSPS) is 21.1. The van der Waals surface area contributed by atoms with Crippen molar-refractivity contribution in [2.45, 2.75) is 45.3 Å². The first-order valence-electron chi connectivity index (χ1n) is 9.12. The molecule has 0 aliphatic heterocycles. The number of hydrogen-bond acceptors (Lipinski definition) is 6. The lowest BCUT2D eigenvalue weighted by molar-refractivity contribution is -0.121. The summed E-state index contributed by atoms with van der Waals surface area (Å²) in [6.45, 7) is 5.37. The van der Waals surface area contributed by atoms with Crippen molar-refractivity contribution in [2.24, 2.45) is 7.05 Å². The number of aromatic nitrogens is 1. The molecule has 150 valence electrons. The van der Waals surface area contributed by atoms with Crippen molar-refractivity contribution in [3.63, 3.8) is 0 Å². The van der Waals surface area contributed by atoms with Crippen molar-refractivity contribution in [3.05, 3.63) is 33.6 Å². The number of nitrogens with zero attached hydrogens (tertiary/aromatic N) is 1. The summed E-state index contributed by atoms with van der Waals surface area (Å²) < 4.78 is 6.77. The molecule has 2 heterocycles. The Labute approximate surface area is 167 Å². The number of carbonyl (C=O) groups is 3. The van der Waals surface area contributed by atoms with Gasteiger partial charge in [0.25, 0.3) is 11.7 Å². The Balaban J connectivity index is 2.01. The molecule has 2 aromatic rings. The minimum Gasteiger partial charge on any atom is -0.462 e. The molecule has 0 aromatic carbocycles. The molecule has 0 bridgehead atoms. The van der Waals surface area contributed by atoms with E-state index in [2.05, 4.69) is 5.32 Å². The highest BCUT2D eigenvalue weighted by molar-refractivity contribution is 7.08. The third-order valence-corrected chi connectivity index (χ3v) is 5.80. The lowest BCUT2D eigenvalue weighted by Gasteiger charge is -2.42. The average Bonchev–Trinajstić information content (AvgIpc) is 3.19. The van der Waals surface area contributed by atoms with E-state index in [1.807, 2.05) is 16.8 Å². The Kier molecular flexibility index (Phi) is 5.45. The second-order valence-corrected chi connectivity index (χ2v) is 8.17. The monoisotopic (exact) mass is 404 g/mol. The molecule has 1 saturated carbocycles. The lowest BCUT2D eigenvalue weighted by atomic mass is 9.76. The Bertz CT molecular complexity index is 923. The zero-order chi connectivity index (χ0) is 20.6. The maximum Gasteiger partial charge on any atom is 0.340 e. The van der Waals surface area contributed by atoms with E-state index in [4.69, 9.17) is 4.74 Å². The molecule has 7 nitrogen and oxygen atoms in total. The first-order valence-corrected chi connectivity index (χ1v) is 10.1. The summed E-state index contributed by atoms with van der Waals surface area (Å²) in [5, 5.41) is 16.0. The van der Waals surface area contributed by atoms with Crippen molar-refractivity contribution in [2.75, 3.05) is 6.61 Å². The molecule has 0 radical (unpaired) electrons. The summed E-state index contributed by atoms with van der Waals surface area (Å²) in [5.41, 5.74) is 1.62. The fraction of sp³-hybridized carbons (Fsp3) is 0.450. The van der Waals surface area contributed by atoms with Crippen LogP contribution in [0.5, 0.6) is 0 Å². The highest BCUT2D eigenvalue weighted by Gasteiger charge is 2.42. The summed E-state index contributed by atoms with van der Waals surface area (Å²) >= 11 is 1.47. The fourth-order valence-corrected chi connectivity index (χ4v) is 4.50. The van der Waals surface area contributed by atoms with Gasteiger partial charge in [0.2, 0.25) is 0 Å². The maximum absolute atomic E-state index is 13.0. The number of thiophene rings is 1. The zero-order valence-electron chi connectivity index (χ0n) is 16.4. The van der Waals surface area contributed by atoms with Crippen molar-refractivity contribution >= 4 is 29.0 Å². The van der Waals surface area contributed by atoms with Crippen LogP contribution in [0, 0.1) is 6.92 Å². The third kappa shape index (κ3) is 3.49. The van der Waals surface area contributed by atoms with Gasteiger partial charge in [-0.05, 0) is 50.6 Å². The van der Waals surface area contributed by atoms with E-state index < -0.39 is 29.3 Å². The second kappa shape index (κ2) is 7.52. The minimum absolute atomic E-state index is 0.158. The topological polar surface area (TPSA) is 97.6 Å². The average molecular weight is 404 g/mol. The molecule has 3 rings (SSSR count). The Morgan fingerprint density at radius 3 is 2.61 bits per heavy atom. The quantitative estimate of drug-likeness (QED) is 0.438. The SMILES string of the molecule is CCOC(=O)c1c(C)c(C(=O)C(=O)NC2(C)CC(O)C2)n(C)c1-c1ccsc1. The summed E-state index contributed by atoms with van der Waals surface area (Å²) in [7, 11) is 1.66. The smallest absolute Gasteiger partial charge is 0.340 e. The predicted molar refractivity (Wildman–Crippen MR) is 106 cm³/mol. The van der Waals surface area contributed by atoms with E-state index in [9.17, 15) is 19.5 Å². The largest absolute Gasteiger partial charge is 0.462 e. The number of aliphatic hydroxyl groups excluding tert-OH is 1. The lowest BCUT2D eigenvalue weighted by Crippen LogP contribution is -2.58. The molecule has 0 saturated heterocycles. The molecule has 0 unspecified atom stereocenters. The standard InChI is InChI=1S/C20H24N2O5S/c1-5-27-19(26)14-11(2)15(22(4)16(14)12-6-7-28-10-12)17(24)18(25)21-20(3)8-13(23)9-20/h6-7,10,13,23H,5,8-9H2,1-4H3,(H,21,25). The van der Waals surface area contributed by atoms with Crippen LogP contribution in [-0.2, 0) is 16.6 Å². The van der Waals surface area contributed by atoms with Crippen LogP contribution in [0.1, 0.15) is 53.1 Å². The molecule has 8 heteroatoms. The van der Waals surface area contributed by atoms with Gasteiger partial charge in [0.05, 0.1) is 29.7 Å². The zero-order valence-corrected chi connectivity index (χ0v) is 17.2. The fourth-order valence-electron chi connectivity index (χ4n) is 3.86. The number of rotatable bonds is 6. The molecular formula is C20H24N2O5S. The van der Waals surface area contributed by atoms with E-state index in [-0.39, 0.29) is 12.3 Å². The van der Waals surface area contributed by atoms with Crippen molar-refractivity contribution in [3.8, 4) is 11.3 Å². The van der Waals surface area contributed by atoms with E-state index in [1.54, 1.807) is 32.4 Å². The summed E-state index contributed by atoms with van der Waals surface area (Å²) in [6.07, 6.45) is 0.358. The number of hydrogen-bond donors (Lipinski definition) is 2. The first kappa shape index (κ1) is 20.3. The number of esters is 1. The van der Waals surface area contributed by atoms with Crippen LogP contribution in [-0.4, -0.2) is 45.6 Å². The van der Waals surface area contributed by atoms with Crippen molar-refractivity contribution in [1.29, 1.82) is 0 Å². The number of ether oxygens (including phenoxy) is 1. The molecule has 1 aliphatic carbocycles. The molecule has 28 heavy (non-hydrogen) atoms. The third-order valence-electron chi connectivity index (χ3n) is 5.12. The van der Waals surface area contributed by atoms with Gasteiger partial charge in [-0.3, -0.25) is 9.59 Å². The van der Waals surface area contributed by atoms with Gasteiger partial charge in [0.15, 0.2) is 0 Å². The van der Waals surface area contributed by atoms with Crippen LogP contribution in [0.3, 0.4) is 0 Å². The molecule has 0 atom stereocenters.